The fourth-order valence-corrected chi connectivity index (χ4v) is 2.35. The Morgan fingerprint density at radius 2 is 1.85 bits per heavy atom. The first-order valence-corrected chi connectivity index (χ1v) is 7.09. The first kappa shape index (κ1) is 14.8. The van der Waals surface area contributed by atoms with E-state index in [1.54, 1.807) is 0 Å². The molecule has 2 rings (SSSR count). The molecule has 0 amide bonds. The SMILES string of the molecule is CN(C)CCCOc1ccc(C(N)=S)c2ccccc12. The molecule has 106 valence electrons. The smallest absolute Gasteiger partial charge is 0.127 e. The molecule has 0 aliphatic carbocycles. The quantitative estimate of drug-likeness (QED) is 0.655. The van der Waals surface area contributed by atoms with Gasteiger partial charge in [0.15, 0.2) is 0 Å². The highest BCUT2D eigenvalue weighted by atomic mass is 32.1. The molecule has 2 aromatic rings. The van der Waals surface area contributed by atoms with Gasteiger partial charge < -0.3 is 15.4 Å². The van der Waals surface area contributed by atoms with Gasteiger partial charge in [0.1, 0.15) is 10.7 Å². The van der Waals surface area contributed by atoms with Crippen LogP contribution in [0.3, 0.4) is 0 Å². The number of hydrogen-bond acceptors (Lipinski definition) is 3. The fraction of sp³-hybridized carbons (Fsp3) is 0.312. The van der Waals surface area contributed by atoms with Gasteiger partial charge in [-0.1, -0.05) is 36.5 Å². The lowest BCUT2D eigenvalue weighted by Gasteiger charge is -2.13. The van der Waals surface area contributed by atoms with Crippen LogP contribution in [0, 0.1) is 0 Å². The lowest BCUT2D eigenvalue weighted by atomic mass is 10.0. The van der Waals surface area contributed by atoms with Crippen LogP contribution >= 0.6 is 12.2 Å². The van der Waals surface area contributed by atoms with Gasteiger partial charge in [0.25, 0.3) is 0 Å². The van der Waals surface area contributed by atoms with Crippen LogP contribution in [0.15, 0.2) is 36.4 Å². The number of rotatable bonds is 6. The minimum absolute atomic E-state index is 0.417. The lowest BCUT2D eigenvalue weighted by molar-refractivity contribution is 0.284. The van der Waals surface area contributed by atoms with Crippen LogP contribution in [0.5, 0.6) is 5.75 Å². The summed E-state index contributed by atoms with van der Waals surface area (Å²) in [6.45, 7) is 1.72. The molecule has 0 saturated heterocycles. The van der Waals surface area contributed by atoms with Gasteiger partial charge in [0, 0.05) is 17.5 Å². The van der Waals surface area contributed by atoms with E-state index in [2.05, 4.69) is 19.0 Å². The second-order valence-corrected chi connectivity index (χ2v) is 5.47. The summed E-state index contributed by atoms with van der Waals surface area (Å²) in [4.78, 5) is 2.57. The van der Waals surface area contributed by atoms with Crippen molar-refractivity contribution in [1.29, 1.82) is 0 Å². The van der Waals surface area contributed by atoms with E-state index >= 15 is 0 Å². The van der Waals surface area contributed by atoms with E-state index in [0.717, 1.165) is 35.1 Å². The number of nitrogens with two attached hydrogens (primary N) is 1. The molecule has 0 spiro atoms. The number of nitrogens with zero attached hydrogens (tertiary/aromatic N) is 1. The standard InChI is InChI=1S/C16H20N2OS/c1-18(2)10-5-11-19-15-9-8-14(16(17)20)12-6-3-4-7-13(12)15/h3-4,6-9H,5,10-11H2,1-2H3,(H2,17,20). The van der Waals surface area contributed by atoms with E-state index in [4.69, 9.17) is 22.7 Å². The molecule has 0 aromatic heterocycles. The molecular weight excluding hydrogens is 268 g/mol. The summed E-state index contributed by atoms with van der Waals surface area (Å²) in [6, 6.07) is 11.9. The molecule has 0 bridgehead atoms. The second-order valence-electron chi connectivity index (χ2n) is 5.03. The number of benzene rings is 2. The van der Waals surface area contributed by atoms with E-state index in [1.165, 1.54) is 0 Å². The Morgan fingerprint density at radius 1 is 1.15 bits per heavy atom. The van der Waals surface area contributed by atoms with Crippen LogP contribution in [-0.4, -0.2) is 37.1 Å². The van der Waals surface area contributed by atoms with Crippen molar-refractivity contribution in [2.75, 3.05) is 27.2 Å². The molecule has 4 heteroatoms. The van der Waals surface area contributed by atoms with Crippen molar-refractivity contribution in [3.63, 3.8) is 0 Å². The Balaban J connectivity index is 2.22. The second kappa shape index (κ2) is 6.68. The van der Waals surface area contributed by atoms with Crippen molar-refractivity contribution >= 4 is 28.0 Å². The van der Waals surface area contributed by atoms with Crippen LogP contribution in [-0.2, 0) is 0 Å². The number of hydrogen-bond donors (Lipinski definition) is 1. The monoisotopic (exact) mass is 288 g/mol. The van der Waals surface area contributed by atoms with E-state index < -0.39 is 0 Å². The molecule has 2 N–H and O–H groups in total. The van der Waals surface area contributed by atoms with Crippen molar-refractivity contribution in [2.45, 2.75) is 6.42 Å². The summed E-state index contributed by atoms with van der Waals surface area (Å²) in [6.07, 6.45) is 0.998. The van der Waals surface area contributed by atoms with E-state index in [0.29, 0.717) is 11.6 Å². The summed E-state index contributed by atoms with van der Waals surface area (Å²) in [5.41, 5.74) is 6.67. The molecule has 2 aromatic carbocycles. The van der Waals surface area contributed by atoms with Gasteiger partial charge in [-0.2, -0.15) is 0 Å². The highest BCUT2D eigenvalue weighted by molar-refractivity contribution is 7.80. The largest absolute Gasteiger partial charge is 0.493 e. The zero-order chi connectivity index (χ0) is 14.5. The molecule has 0 unspecified atom stereocenters. The average Bonchev–Trinajstić information content (AvgIpc) is 2.43. The van der Waals surface area contributed by atoms with Crippen molar-refractivity contribution in [1.82, 2.24) is 4.90 Å². The van der Waals surface area contributed by atoms with Gasteiger partial charge >= 0.3 is 0 Å². The fourth-order valence-electron chi connectivity index (χ4n) is 2.18. The number of thiocarbonyl (C=S) groups is 1. The summed E-state index contributed by atoms with van der Waals surface area (Å²) in [5, 5.41) is 2.10. The van der Waals surface area contributed by atoms with Gasteiger partial charge in [-0.15, -0.1) is 0 Å². The molecule has 0 aliphatic heterocycles. The van der Waals surface area contributed by atoms with Crippen LogP contribution in [0.2, 0.25) is 0 Å². The average molecular weight is 288 g/mol. The van der Waals surface area contributed by atoms with Crippen LogP contribution in [0.25, 0.3) is 10.8 Å². The zero-order valence-corrected chi connectivity index (χ0v) is 12.7. The van der Waals surface area contributed by atoms with Crippen LogP contribution in [0.1, 0.15) is 12.0 Å². The molecule has 0 heterocycles. The van der Waals surface area contributed by atoms with E-state index in [9.17, 15) is 0 Å². The molecule has 3 nitrogen and oxygen atoms in total. The summed E-state index contributed by atoms with van der Waals surface area (Å²) in [7, 11) is 4.12. The summed E-state index contributed by atoms with van der Waals surface area (Å²) < 4.78 is 5.89. The first-order valence-electron chi connectivity index (χ1n) is 6.68. The highest BCUT2D eigenvalue weighted by Gasteiger charge is 2.08. The minimum Gasteiger partial charge on any atom is -0.493 e. The third kappa shape index (κ3) is 3.46. The highest BCUT2D eigenvalue weighted by Crippen LogP contribution is 2.28. The van der Waals surface area contributed by atoms with E-state index in [1.807, 2.05) is 36.4 Å². The number of fused-ring (bicyclic) bond motifs is 1. The molecule has 0 atom stereocenters. The topological polar surface area (TPSA) is 38.5 Å². The molecular formula is C16H20N2OS. The maximum Gasteiger partial charge on any atom is 0.127 e. The molecule has 0 radical (unpaired) electrons. The van der Waals surface area contributed by atoms with Crippen LogP contribution in [0.4, 0.5) is 0 Å². The first-order chi connectivity index (χ1) is 9.59. The van der Waals surface area contributed by atoms with Gasteiger partial charge in [0.05, 0.1) is 6.61 Å². The van der Waals surface area contributed by atoms with Crippen molar-refractivity contribution in [2.24, 2.45) is 5.73 Å². The maximum atomic E-state index is 5.89. The Morgan fingerprint density at radius 3 is 2.50 bits per heavy atom. The molecule has 0 saturated carbocycles. The van der Waals surface area contributed by atoms with Crippen molar-refractivity contribution in [3.05, 3.63) is 42.0 Å². The predicted molar refractivity (Wildman–Crippen MR) is 88.5 cm³/mol. The predicted octanol–water partition coefficient (Wildman–Crippen LogP) is 2.80. The van der Waals surface area contributed by atoms with Crippen molar-refractivity contribution in [3.8, 4) is 5.75 Å². The molecule has 20 heavy (non-hydrogen) atoms. The Labute approximate surface area is 125 Å². The Hall–Kier alpha value is -1.65. The lowest BCUT2D eigenvalue weighted by Crippen LogP contribution is -2.15. The zero-order valence-electron chi connectivity index (χ0n) is 11.9. The number of ether oxygens (including phenoxy) is 1. The summed E-state index contributed by atoms with van der Waals surface area (Å²) in [5.74, 6) is 0.888. The van der Waals surface area contributed by atoms with Gasteiger partial charge in [-0.3, -0.25) is 0 Å². The molecule has 0 aliphatic rings. The van der Waals surface area contributed by atoms with Gasteiger partial charge in [0.2, 0.25) is 0 Å². The molecule has 0 fully saturated rings. The normalized spacial score (nSPS) is 10.9. The third-order valence-corrected chi connectivity index (χ3v) is 3.38. The maximum absolute atomic E-state index is 5.89. The van der Waals surface area contributed by atoms with E-state index in [-0.39, 0.29) is 0 Å². The van der Waals surface area contributed by atoms with Crippen LogP contribution < -0.4 is 10.5 Å². The third-order valence-electron chi connectivity index (χ3n) is 3.16. The summed E-state index contributed by atoms with van der Waals surface area (Å²) >= 11 is 5.10. The Bertz CT molecular complexity index is 610. The van der Waals surface area contributed by atoms with Crippen molar-refractivity contribution < 1.29 is 4.74 Å². The minimum atomic E-state index is 0.417. The Kier molecular flexibility index (Phi) is 4.93. The van der Waals surface area contributed by atoms with Gasteiger partial charge in [-0.25, -0.2) is 0 Å². The van der Waals surface area contributed by atoms with Gasteiger partial charge in [-0.05, 0) is 38.0 Å².